The van der Waals surface area contributed by atoms with Crippen LogP contribution in [-0.4, -0.2) is 11.1 Å². The summed E-state index contributed by atoms with van der Waals surface area (Å²) in [4.78, 5) is 11.4. The van der Waals surface area contributed by atoms with Gasteiger partial charge in [-0.25, -0.2) is 4.79 Å². The zero-order chi connectivity index (χ0) is 13.7. The zero-order valence-corrected chi connectivity index (χ0v) is 10.4. The number of benzene rings is 2. The number of nitrogens with one attached hydrogen (secondary N) is 1. The Morgan fingerprint density at radius 3 is 2.37 bits per heavy atom. The van der Waals surface area contributed by atoms with E-state index in [9.17, 15) is 9.90 Å². The summed E-state index contributed by atoms with van der Waals surface area (Å²) >= 11 is 0. The fourth-order valence-electron chi connectivity index (χ4n) is 1.90. The van der Waals surface area contributed by atoms with E-state index in [1.165, 1.54) is 0 Å². The molecule has 2 N–H and O–H groups in total. The fraction of sp³-hybridized carbons (Fsp3) is 0.0625. The maximum absolute atomic E-state index is 11.4. The molecule has 2 aromatic rings. The molecule has 0 aromatic heterocycles. The van der Waals surface area contributed by atoms with Gasteiger partial charge in [0.25, 0.3) is 0 Å². The predicted octanol–water partition coefficient (Wildman–Crippen LogP) is 3.57. The Hall–Kier alpha value is -2.55. The van der Waals surface area contributed by atoms with Crippen LogP contribution in [0.25, 0.3) is 6.08 Å². The molecule has 2 aromatic carbocycles. The molecule has 0 heterocycles. The molecule has 0 aliphatic carbocycles. The SMILES string of the molecule is C=Cc1ccccc1N[C@@H](C(=O)O)c1ccccc1. The van der Waals surface area contributed by atoms with Crippen LogP contribution in [0.4, 0.5) is 5.69 Å². The molecular formula is C16H15NO2. The number of carboxylic acid groups (broad SMARTS) is 1. The normalized spacial score (nSPS) is 11.6. The third-order valence-electron chi connectivity index (χ3n) is 2.86. The standard InChI is InChI=1S/C16H15NO2/c1-2-12-8-6-7-11-14(12)17-15(16(18)19)13-9-4-3-5-10-13/h2-11,15,17H,1H2,(H,18,19)/t15-/m1/s1. The lowest BCUT2D eigenvalue weighted by Crippen LogP contribution is -2.20. The van der Waals surface area contributed by atoms with Gasteiger partial charge in [-0.1, -0.05) is 61.2 Å². The first-order chi connectivity index (χ1) is 9.22. The van der Waals surface area contributed by atoms with E-state index in [0.717, 1.165) is 11.3 Å². The van der Waals surface area contributed by atoms with Crippen LogP contribution in [0.2, 0.25) is 0 Å². The number of para-hydroxylation sites is 1. The second-order valence-corrected chi connectivity index (χ2v) is 4.12. The lowest BCUT2D eigenvalue weighted by Gasteiger charge is -2.17. The number of hydrogen-bond acceptors (Lipinski definition) is 2. The number of carboxylic acids is 1. The highest BCUT2D eigenvalue weighted by Crippen LogP contribution is 2.23. The molecule has 0 spiro atoms. The minimum atomic E-state index is -0.912. The maximum atomic E-state index is 11.4. The van der Waals surface area contributed by atoms with Crippen LogP contribution in [0.1, 0.15) is 17.2 Å². The first-order valence-corrected chi connectivity index (χ1v) is 5.98. The maximum Gasteiger partial charge on any atom is 0.330 e. The second kappa shape index (κ2) is 5.87. The third kappa shape index (κ3) is 3.01. The number of anilines is 1. The molecule has 1 atom stereocenters. The summed E-state index contributed by atoms with van der Waals surface area (Å²) < 4.78 is 0. The van der Waals surface area contributed by atoms with E-state index in [4.69, 9.17) is 0 Å². The van der Waals surface area contributed by atoms with Gasteiger partial charge in [-0.05, 0) is 17.2 Å². The Kier molecular flexibility index (Phi) is 3.98. The van der Waals surface area contributed by atoms with Crippen molar-refractivity contribution in [1.82, 2.24) is 0 Å². The number of carbonyl (C=O) groups is 1. The van der Waals surface area contributed by atoms with Gasteiger partial charge in [0, 0.05) is 5.69 Å². The average molecular weight is 253 g/mol. The van der Waals surface area contributed by atoms with Crippen LogP contribution in [0.5, 0.6) is 0 Å². The molecule has 0 aliphatic heterocycles. The summed E-state index contributed by atoms with van der Waals surface area (Å²) in [5.74, 6) is -0.912. The lowest BCUT2D eigenvalue weighted by atomic mass is 10.1. The van der Waals surface area contributed by atoms with Crippen molar-refractivity contribution < 1.29 is 9.90 Å². The van der Waals surface area contributed by atoms with E-state index >= 15 is 0 Å². The Morgan fingerprint density at radius 2 is 1.74 bits per heavy atom. The van der Waals surface area contributed by atoms with E-state index in [1.807, 2.05) is 42.5 Å². The monoisotopic (exact) mass is 253 g/mol. The van der Waals surface area contributed by atoms with Gasteiger partial charge in [-0.15, -0.1) is 0 Å². The molecule has 0 radical (unpaired) electrons. The largest absolute Gasteiger partial charge is 0.479 e. The summed E-state index contributed by atoms with van der Waals surface area (Å²) in [5.41, 5.74) is 2.35. The van der Waals surface area contributed by atoms with Gasteiger partial charge < -0.3 is 10.4 Å². The van der Waals surface area contributed by atoms with Gasteiger partial charge in [0.2, 0.25) is 0 Å². The predicted molar refractivity (Wildman–Crippen MR) is 77.0 cm³/mol. The minimum absolute atomic E-state index is 0.717. The Labute approximate surface area is 112 Å². The molecule has 0 aliphatic rings. The molecule has 0 bridgehead atoms. The van der Waals surface area contributed by atoms with Crippen molar-refractivity contribution in [3.8, 4) is 0 Å². The minimum Gasteiger partial charge on any atom is -0.479 e. The van der Waals surface area contributed by atoms with Gasteiger partial charge in [-0.2, -0.15) is 0 Å². The van der Waals surface area contributed by atoms with E-state index in [1.54, 1.807) is 18.2 Å². The van der Waals surface area contributed by atoms with E-state index < -0.39 is 12.0 Å². The van der Waals surface area contributed by atoms with Crippen molar-refractivity contribution in [3.05, 3.63) is 72.3 Å². The van der Waals surface area contributed by atoms with Gasteiger partial charge >= 0.3 is 5.97 Å². The second-order valence-electron chi connectivity index (χ2n) is 4.12. The van der Waals surface area contributed by atoms with E-state index in [0.29, 0.717) is 5.56 Å². The van der Waals surface area contributed by atoms with Crippen molar-refractivity contribution in [1.29, 1.82) is 0 Å². The van der Waals surface area contributed by atoms with Crippen molar-refractivity contribution in [2.75, 3.05) is 5.32 Å². The number of aliphatic carboxylic acids is 1. The van der Waals surface area contributed by atoms with Crippen LogP contribution in [0.3, 0.4) is 0 Å². The van der Waals surface area contributed by atoms with Gasteiger partial charge in [-0.3, -0.25) is 0 Å². The highest BCUT2D eigenvalue weighted by molar-refractivity contribution is 5.80. The molecule has 0 amide bonds. The Morgan fingerprint density at radius 1 is 1.11 bits per heavy atom. The van der Waals surface area contributed by atoms with Crippen molar-refractivity contribution in [2.24, 2.45) is 0 Å². The van der Waals surface area contributed by atoms with Crippen LogP contribution >= 0.6 is 0 Å². The average Bonchev–Trinajstić information content (AvgIpc) is 2.45. The Balaban J connectivity index is 2.32. The fourth-order valence-corrected chi connectivity index (χ4v) is 1.90. The zero-order valence-electron chi connectivity index (χ0n) is 10.4. The summed E-state index contributed by atoms with van der Waals surface area (Å²) in [6.45, 7) is 3.73. The van der Waals surface area contributed by atoms with E-state index in [-0.39, 0.29) is 0 Å². The summed E-state index contributed by atoms with van der Waals surface area (Å²) in [6.07, 6.45) is 1.70. The van der Waals surface area contributed by atoms with Crippen molar-refractivity contribution in [2.45, 2.75) is 6.04 Å². The highest BCUT2D eigenvalue weighted by atomic mass is 16.4. The van der Waals surface area contributed by atoms with Gasteiger partial charge in [0.1, 0.15) is 0 Å². The summed E-state index contributed by atoms with van der Waals surface area (Å²) in [7, 11) is 0. The van der Waals surface area contributed by atoms with Gasteiger partial charge in [0.05, 0.1) is 0 Å². The molecule has 3 heteroatoms. The van der Waals surface area contributed by atoms with Crippen LogP contribution in [-0.2, 0) is 4.79 Å². The van der Waals surface area contributed by atoms with Crippen LogP contribution in [0.15, 0.2) is 61.2 Å². The molecule has 0 saturated carbocycles. The number of hydrogen-bond donors (Lipinski definition) is 2. The van der Waals surface area contributed by atoms with Crippen LogP contribution < -0.4 is 5.32 Å². The first-order valence-electron chi connectivity index (χ1n) is 5.98. The number of rotatable bonds is 5. The quantitative estimate of drug-likeness (QED) is 0.856. The van der Waals surface area contributed by atoms with Crippen LogP contribution in [0, 0.1) is 0 Å². The molecule has 0 unspecified atom stereocenters. The molecule has 19 heavy (non-hydrogen) atoms. The van der Waals surface area contributed by atoms with Crippen molar-refractivity contribution >= 4 is 17.7 Å². The topological polar surface area (TPSA) is 49.3 Å². The molecule has 2 rings (SSSR count). The molecule has 3 nitrogen and oxygen atoms in total. The molecule has 0 fully saturated rings. The summed E-state index contributed by atoms with van der Waals surface area (Å²) in [5, 5.41) is 12.4. The molecular weight excluding hydrogens is 238 g/mol. The Bertz CT molecular complexity index is 578. The van der Waals surface area contributed by atoms with E-state index in [2.05, 4.69) is 11.9 Å². The van der Waals surface area contributed by atoms with Gasteiger partial charge in [0.15, 0.2) is 6.04 Å². The summed E-state index contributed by atoms with van der Waals surface area (Å²) in [6, 6.07) is 15.8. The highest BCUT2D eigenvalue weighted by Gasteiger charge is 2.19. The first kappa shape index (κ1) is 12.9. The smallest absolute Gasteiger partial charge is 0.330 e. The lowest BCUT2D eigenvalue weighted by molar-refractivity contribution is -0.138. The third-order valence-corrected chi connectivity index (χ3v) is 2.86. The molecule has 96 valence electrons. The van der Waals surface area contributed by atoms with Crippen molar-refractivity contribution in [3.63, 3.8) is 0 Å². The molecule has 0 saturated heterocycles.